The quantitative estimate of drug-likeness (QED) is 0.152. The summed E-state index contributed by atoms with van der Waals surface area (Å²) >= 11 is 0. The van der Waals surface area contributed by atoms with Crippen LogP contribution in [0, 0.1) is 0 Å². The van der Waals surface area contributed by atoms with E-state index in [1.807, 2.05) is 66.9 Å². The monoisotopic (exact) mass is 987 g/mol. The molecule has 0 atom stereocenters. The fraction of sp³-hybridized carbons (Fsp3) is 0.243. The molecule has 0 radical (unpaired) electrons. The van der Waals surface area contributed by atoms with Gasteiger partial charge in [-0.2, -0.15) is 0 Å². The number of nitrogens with zero attached hydrogens (tertiary/aromatic N) is 4. The smallest absolute Gasteiger partial charge is 0.137 e. The SMILES string of the molecule is [2H]c1c([2H])c(-c2cccc(-c3cc(C(C)(C)C)cc(C(C)(C)C)c3)c2N2CN(c3cccc(Oc4ccc5c6ccccc6n(-c6ccc(C(C)(C)C)cn6)c5c4)c3)c3ccccc32)c([2H])c([2H])c1-c1ccc(C(C)(C)C)cc1. The second-order valence-electron chi connectivity index (χ2n) is 24.4. The van der Waals surface area contributed by atoms with E-state index in [0.29, 0.717) is 29.3 Å². The highest BCUT2D eigenvalue weighted by Gasteiger charge is 2.32. The second kappa shape index (κ2) is 18.5. The van der Waals surface area contributed by atoms with Gasteiger partial charge in [-0.15, -0.1) is 0 Å². The number of aromatic nitrogens is 2. The van der Waals surface area contributed by atoms with Crippen LogP contribution in [0.5, 0.6) is 11.5 Å². The first-order chi connectivity index (χ1) is 37.4. The van der Waals surface area contributed by atoms with Crippen molar-refractivity contribution in [3.05, 3.63) is 216 Å². The zero-order valence-corrected chi connectivity index (χ0v) is 45.6. The number of hydrogen-bond acceptors (Lipinski definition) is 4. The van der Waals surface area contributed by atoms with E-state index < -0.39 is 0 Å². The molecule has 1 aliphatic heterocycles. The lowest BCUT2D eigenvalue weighted by Crippen LogP contribution is -2.25. The van der Waals surface area contributed by atoms with E-state index >= 15 is 0 Å². The largest absolute Gasteiger partial charge is 0.457 e. The molecule has 0 fully saturated rings. The Morgan fingerprint density at radius 3 is 1.63 bits per heavy atom. The molecule has 2 aromatic heterocycles. The van der Waals surface area contributed by atoms with E-state index in [4.69, 9.17) is 9.72 Å². The number of benzene rings is 8. The molecule has 10 aromatic rings. The fourth-order valence-corrected chi connectivity index (χ4v) is 10.3. The van der Waals surface area contributed by atoms with Gasteiger partial charge in [0.2, 0.25) is 0 Å². The molecule has 0 saturated heterocycles. The molecule has 8 aromatic carbocycles. The first kappa shape index (κ1) is 44.6. The van der Waals surface area contributed by atoms with Crippen molar-refractivity contribution in [3.63, 3.8) is 0 Å². The van der Waals surface area contributed by atoms with Gasteiger partial charge >= 0.3 is 0 Å². The maximum Gasteiger partial charge on any atom is 0.137 e. The van der Waals surface area contributed by atoms with Crippen molar-refractivity contribution in [2.45, 2.75) is 105 Å². The lowest BCUT2D eigenvalue weighted by molar-refractivity contribution is 0.483. The molecule has 11 rings (SSSR count). The third-order valence-electron chi connectivity index (χ3n) is 14.8. The Morgan fingerprint density at radius 2 is 0.987 bits per heavy atom. The van der Waals surface area contributed by atoms with Crippen molar-refractivity contribution in [1.82, 2.24) is 9.55 Å². The summed E-state index contributed by atoms with van der Waals surface area (Å²) in [5.74, 6) is 2.21. The van der Waals surface area contributed by atoms with Crippen LogP contribution in [0.4, 0.5) is 22.7 Å². The Labute approximate surface area is 450 Å². The maximum atomic E-state index is 9.83. The molecule has 0 aliphatic carbocycles. The van der Waals surface area contributed by atoms with E-state index in [1.165, 1.54) is 16.7 Å². The van der Waals surface area contributed by atoms with Gasteiger partial charge in [0.05, 0.1) is 33.6 Å². The average Bonchev–Trinajstić information content (AvgIpc) is 4.21. The van der Waals surface area contributed by atoms with Crippen LogP contribution in [0.1, 0.15) is 111 Å². The molecular formula is C70H70N4O. The third kappa shape index (κ3) is 9.50. The minimum atomic E-state index is -0.165. The third-order valence-corrected chi connectivity index (χ3v) is 14.8. The maximum absolute atomic E-state index is 9.83. The van der Waals surface area contributed by atoms with Crippen molar-refractivity contribution < 1.29 is 10.2 Å². The van der Waals surface area contributed by atoms with Crippen LogP contribution in [-0.2, 0) is 21.7 Å². The minimum absolute atomic E-state index is 0.0220. The van der Waals surface area contributed by atoms with Crippen LogP contribution in [0.25, 0.3) is 61.0 Å². The van der Waals surface area contributed by atoms with Crippen LogP contribution in [0.15, 0.2) is 194 Å². The number of fused-ring (bicyclic) bond motifs is 4. The van der Waals surface area contributed by atoms with Gasteiger partial charge in [-0.1, -0.05) is 210 Å². The van der Waals surface area contributed by atoms with Gasteiger partial charge in [0, 0.05) is 45.9 Å². The lowest BCUT2D eigenvalue weighted by Gasteiger charge is -2.29. The van der Waals surface area contributed by atoms with Gasteiger partial charge in [-0.25, -0.2) is 4.98 Å². The van der Waals surface area contributed by atoms with Crippen LogP contribution in [0.3, 0.4) is 0 Å². The highest BCUT2D eigenvalue weighted by molar-refractivity contribution is 6.09. The predicted octanol–water partition coefficient (Wildman–Crippen LogP) is 19.4. The fourth-order valence-electron chi connectivity index (χ4n) is 10.3. The second-order valence-corrected chi connectivity index (χ2v) is 24.4. The van der Waals surface area contributed by atoms with E-state index in [1.54, 1.807) is 0 Å². The van der Waals surface area contributed by atoms with Gasteiger partial charge in [0.15, 0.2) is 0 Å². The Bertz CT molecular complexity index is 3940. The van der Waals surface area contributed by atoms with Crippen molar-refractivity contribution in [3.8, 4) is 50.7 Å². The van der Waals surface area contributed by atoms with E-state index in [-0.39, 0.29) is 57.0 Å². The van der Waals surface area contributed by atoms with Crippen molar-refractivity contribution >= 4 is 44.6 Å². The molecule has 1 aliphatic rings. The minimum Gasteiger partial charge on any atom is -0.457 e. The summed E-state index contributed by atoms with van der Waals surface area (Å²) in [6.45, 7) is 26.9. The number of ether oxygens (including phenoxy) is 1. The predicted molar refractivity (Wildman–Crippen MR) is 318 cm³/mol. The first-order valence-corrected chi connectivity index (χ1v) is 26.3. The molecule has 5 nitrogen and oxygen atoms in total. The standard InChI is InChI=1S/C70H70N4O/c1-67(2,3)50-33-31-47(32-34-50)46-27-29-48(30-28-46)57-22-18-23-58(49-39-52(69(7,8)9)41-53(40-49)70(10,11)12)66(57)73-45-72(62-25-15-16-26-63(62)73)54-19-17-20-55(42-54)75-56-36-37-60-59-21-13-14-24-61(59)74(64(60)43-56)65-38-35-51(44-71-65)68(4,5)6/h13-44H,45H2,1-12H3/i27D,28D,29D,30D. The van der Waals surface area contributed by atoms with Gasteiger partial charge < -0.3 is 14.5 Å². The molecule has 0 unspecified atom stereocenters. The van der Waals surface area contributed by atoms with Crippen LogP contribution >= 0.6 is 0 Å². The molecule has 75 heavy (non-hydrogen) atoms. The molecule has 376 valence electrons. The Balaban J connectivity index is 1.04. The number of para-hydroxylation sites is 4. The summed E-state index contributed by atoms with van der Waals surface area (Å²) in [6.07, 6.45) is 1.98. The molecule has 0 saturated carbocycles. The molecule has 0 N–H and O–H groups in total. The summed E-state index contributed by atoms with van der Waals surface area (Å²) in [7, 11) is 0. The summed E-state index contributed by atoms with van der Waals surface area (Å²) in [6, 6.07) is 56.1. The van der Waals surface area contributed by atoms with Crippen LogP contribution in [0.2, 0.25) is 0 Å². The summed E-state index contributed by atoms with van der Waals surface area (Å²) in [5, 5.41) is 2.25. The van der Waals surface area contributed by atoms with Gasteiger partial charge in [-0.05, 0) is 115 Å². The van der Waals surface area contributed by atoms with E-state index in [9.17, 15) is 5.48 Å². The zero-order valence-electron chi connectivity index (χ0n) is 49.6. The molecule has 0 amide bonds. The molecule has 0 spiro atoms. The summed E-state index contributed by atoms with van der Waals surface area (Å²) in [5.41, 5.74) is 13.7. The van der Waals surface area contributed by atoms with Crippen molar-refractivity contribution in [2.24, 2.45) is 0 Å². The summed E-state index contributed by atoms with van der Waals surface area (Å²) < 4.78 is 47.9. The van der Waals surface area contributed by atoms with Crippen LogP contribution in [-0.4, -0.2) is 16.2 Å². The highest BCUT2D eigenvalue weighted by atomic mass is 16.5. The van der Waals surface area contributed by atoms with E-state index in [2.05, 4.69) is 201 Å². The molecule has 3 heterocycles. The lowest BCUT2D eigenvalue weighted by atomic mass is 9.78. The summed E-state index contributed by atoms with van der Waals surface area (Å²) in [4.78, 5) is 9.56. The number of anilines is 4. The molecule has 5 heteroatoms. The van der Waals surface area contributed by atoms with Gasteiger partial charge in [0.1, 0.15) is 24.0 Å². The molecule has 0 bridgehead atoms. The average molecular weight is 987 g/mol. The van der Waals surface area contributed by atoms with E-state index in [0.717, 1.165) is 67.1 Å². The van der Waals surface area contributed by atoms with Crippen LogP contribution < -0.4 is 14.5 Å². The van der Waals surface area contributed by atoms with Gasteiger partial charge in [0.25, 0.3) is 0 Å². The Hall–Kier alpha value is -7.89. The molecular weight excluding hydrogens is 913 g/mol. The highest BCUT2D eigenvalue weighted by Crippen LogP contribution is 2.51. The Kier molecular flexibility index (Phi) is 11.0. The number of hydrogen-bond donors (Lipinski definition) is 0. The zero-order chi connectivity index (χ0) is 56.1. The first-order valence-electron chi connectivity index (χ1n) is 28.3. The van der Waals surface area contributed by atoms with Crippen molar-refractivity contribution in [2.75, 3.05) is 16.5 Å². The number of pyridine rings is 1. The topological polar surface area (TPSA) is 33.5 Å². The number of rotatable bonds is 8. The van der Waals surface area contributed by atoms with Crippen molar-refractivity contribution in [1.29, 1.82) is 0 Å². The normalized spacial score (nSPS) is 14.0. The van der Waals surface area contributed by atoms with Gasteiger partial charge in [-0.3, -0.25) is 4.57 Å². The Morgan fingerprint density at radius 1 is 0.427 bits per heavy atom.